The number of likely N-dealkylation sites (tertiary alicyclic amines) is 2. The Balaban J connectivity index is 1.37. The smallest absolute Gasteiger partial charge is 0.271 e. The van der Waals surface area contributed by atoms with E-state index in [4.69, 9.17) is 0 Å². The first-order chi connectivity index (χ1) is 14.7. The maximum atomic E-state index is 12.6. The van der Waals surface area contributed by atoms with E-state index in [1.54, 1.807) is 24.7 Å². The zero-order valence-corrected chi connectivity index (χ0v) is 17.2. The molecule has 2 N–H and O–H groups in total. The third-order valence-electron chi connectivity index (χ3n) is 5.83. The molecule has 0 radical (unpaired) electrons. The highest BCUT2D eigenvalue weighted by Crippen LogP contribution is 2.20. The summed E-state index contributed by atoms with van der Waals surface area (Å²) in [4.78, 5) is 36.0. The molecule has 7 nitrogen and oxygen atoms in total. The Morgan fingerprint density at radius 3 is 2.77 bits per heavy atom. The van der Waals surface area contributed by atoms with Crippen LogP contribution < -0.4 is 10.9 Å². The molecule has 30 heavy (non-hydrogen) atoms. The topological polar surface area (TPSA) is 81.3 Å². The van der Waals surface area contributed by atoms with Crippen LogP contribution in [-0.4, -0.2) is 64.4 Å². The number of piperidine rings is 1. The monoisotopic (exact) mass is 407 g/mol. The van der Waals surface area contributed by atoms with Crippen molar-refractivity contribution in [3.05, 3.63) is 59.3 Å². The minimum Gasteiger partial charge on any atom is -0.376 e. The van der Waals surface area contributed by atoms with Crippen LogP contribution in [0, 0.1) is 0 Å². The van der Waals surface area contributed by atoms with Gasteiger partial charge in [-0.2, -0.15) is 0 Å². The number of H-pyrrole nitrogens is 1. The van der Waals surface area contributed by atoms with Gasteiger partial charge in [-0.25, -0.2) is 0 Å². The van der Waals surface area contributed by atoms with Crippen molar-refractivity contribution in [1.29, 1.82) is 0 Å². The Labute approximate surface area is 176 Å². The number of nitrogens with zero attached hydrogens (tertiary/aromatic N) is 3. The van der Waals surface area contributed by atoms with E-state index in [0.29, 0.717) is 12.2 Å². The van der Waals surface area contributed by atoms with Crippen molar-refractivity contribution in [3.8, 4) is 11.1 Å². The van der Waals surface area contributed by atoms with Gasteiger partial charge < -0.3 is 15.2 Å². The number of anilines is 1. The first kappa shape index (κ1) is 20.3. The van der Waals surface area contributed by atoms with Crippen LogP contribution in [0.1, 0.15) is 25.7 Å². The number of carbonyl (C=O) groups is 1. The Hall–Kier alpha value is -2.93. The summed E-state index contributed by atoms with van der Waals surface area (Å²) in [7, 11) is 0. The molecule has 1 atom stereocenters. The molecule has 2 aliphatic rings. The number of pyridine rings is 2. The van der Waals surface area contributed by atoms with Crippen molar-refractivity contribution in [1.82, 2.24) is 19.8 Å². The van der Waals surface area contributed by atoms with E-state index in [-0.39, 0.29) is 17.5 Å². The minimum atomic E-state index is -0.151. The molecule has 2 aromatic heterocycles. The second kappa shape index (κ2) is 9.71. The van der Waals surface area contributed by atoms with Gasteiger partial charge in [0, 0.05) is 55.9 Å². The van der Waals surface area contributed by atoms with Gasteiger partial charge in [0.15, 0.2) is 0 Å². The van der Waals surface area contributed by atoms with Crippen LogP contribution in [0.3, 0.4) is 0 Å². The Morgan fingerprint density at radius 1 is 1.17 bits per heavy atom. The van der Waals surface area contributed by atoms with Crippen molar-refractivity contribution >= 4 is 11.6 Å². The quantitative estimate of drug-likeness (QED) is 0.719. The maximum Gasteiger partial charge on any atom is 0.271 e. The number of hydrogen-bond donors (Lipinski definition) is 2. The molecule has 0 spiro atoms. The van der Waals surface area contributed by atoms with E-state index in [9.17, 15) is 9.59 Å². The molecular weight excluding hydrogens is 378 g/mol. The van der Waals surface area contributed by atoms with Gasteiger partial charge in [-0.05, 0) is 62.5 Å². The Bertz CT molecular complexity index is 934. The lowest BCUT2D eigenvalue weighted by atomic mass is 10.0. The highest BCUT2D eigenvalue weighted by atomic mass is 16.2. The van der Waals surface area contributed by atoms with Gasteiger partial charge >= 0.3 is 0 Å². The molecule has 0 bridgehead atoms. The number of hydrogen-bond acceptors (Lipinski definition) is 5. The maximum absolute atomic E-state index is 12.6. The molecule has 2 saturated heterocycles. The van der Waals surface area contributed by atoms with Crippen LogP contribution >= 0.6 is 0 Å². The fourth-order valence-corrected chi connectivity index (χ4v) is 4.19. The van der Waals surface area contributed by atoms with Gasteiger partial charge in [0.1, 0.15) is 5.69 Å². The molecule has 2 fully saturated rings. The van der Waals surface area contributed by atoms with Crippen molar-refractivity contribution in [2.45, 2.75) is 31.7 Å². The molecule has 0 aromatic carbocycles. The second-order valence-electron chi connectivity index (χ2n) is 8.04. The third kappa shape index (κ3) is 5.16. The number of nitrogens with one attached hydrogen (secondary N) is 2. The Morgan fingerprint density at radius 2 is 1.97 bits per heavy atom. The van der Waals surface area contributed by atoms with E-state index < -0.39 is 0 Å². The molecule has 158 valence electrons. The predicted molar refractivity (Wildman–Crippen MR) is 118 cm³/mol. The van der Waals surface area contributed by atoms with Gasteiger partial charge in [-0.3, -0.25) is 19.5 Å². The third-order valence-corrected chi connectivity index (χ3v) is 5.83. The first-order valence-electron chi connectivity index (χ1n) is 10.8. The normalized spacial score (nSPS) is 20.0. The SMILES string of the molecule is O=C(C=CCN1CCCC1)N1CCC[C@@H](Nc2cc(-c3ccncc3)c[nH]c2=O)C1. The summed E-state index contributed by atoms with van der Waals surface area (Å²) in [6, 6.07) is 5.74. The van der Waals surface area contributed by atoms with E-state index in [0.717, 1.165) is 50.1 Å². The van der Waals surface area contributed by atoms with E-state index in [1.165, 1.54) is 12.8 Å². The lowest BCUT2D eigenvalue weighted by molar-refractivity contribution is -0.127. The average molecular weight is 408 g/mol. The number of aromatic amines is 1. The van der Waals surface area contributed by atoms with Crippen molar-refractivity contribution in [3.63, 3.8) is 0 Å². The largest absolute Gasteiger partial charge is 0.376 e. The van der Waals surface area contributed by atoms with Crippen molar-refractivity contribution < 1.29 is 4.79 Å². The van der Waals surface area contributed by atoms with E-state index in [1.807, 2.05) is 29.2 Å². The summed E-state index contributed by atoms with van der Waals surface area (Å²) in [5, 5.41) is 3.36. The van der Waals surface area contributed by atoms with Gasteiger partial charge in [-0.1, -0.05) is 6.08 Å². The number of aromatic nitrogens is 2. The summed E-state index contributed by atoms with van der Waals surface area (Å²) < 4.78 is 0. The number of amides is 1. The fraction of sp³-hybridized carbons (Fsp3) is 0.435. The molecule has 7 heteroatoms. The predicted octanol–water partition coefficient (Wildman–Crippen LogP) is 2.49. The fourth-order valence-electron chi connectivity index (χ4n) is 4.19. The summed E-state index contributed by atoms with van der Waals surface area (Å²) >= 11 is 0. The summed E-state index contributed by atoms with van der Waals surface area (Å²) in [6.07, 6.45) is 13.2. The van der Waals surface area contributed by atoms with Crippen LogP contribution in [-0.2, 0) is 4.79 Å². The second-order valence-corrected chi connectivity index (χ2v) is 8.04. The molecule has 0 unspecified atom stereocenters. The summed E-state index contributed by atoms with van der Waals surface area (Å²) in [6.45, 7) is 4.46. The number of carbonyl (C=O) groups excluding carboxylic acids is 1. The highest BCUT2D eigenvalue weighted by Gasteiger charge is 2.23. The van der Waals surface area contributed by atoms with E-state index in [2.05, 4.69) is 20.2 Å². The van der Waals surface area contributed by atoms with Crippen molar-refractivity contribution in [2.75, 3.05) is 38.0 Å². The Kier molecular flexibility index (Phi) is 6.59. The molecular formula is C23H29N5O2. The lowest BCUT2D eigenvalue weighted by Gasteiger charge is -2.33. The lowest BCUT2D eigenvalue weighted by Crippen LogP contribution is -2.45. The molecule has 0 aliphatic carbocycles. The summed E-state index contributed by atoms with van der Waals surface area (Å²) in [5.41, 5.74) is 2.30. The molecule has 0 saturated carbocycles. The van der Waals surface area contributed by atoms with Crippen LogP contribution in [0.15, 0.2) is 53.7 Å². The standard InChI is InChI=1S/C23H29N5O2/c29-22(6-4-13-27-11-1-2-12-27)28-14-3-5-20(17-28)26-21-15-19(16-25-23(21)30)18-7-9-24-10-8-18/h4,6-10,15-16,20,26H,1-3,5,11-14,17H2,(H,25,30)/t20-/m1/s1. The first-order valence-corrected chi connectivity index (χ1v) is 10.8. The van der Waals surface area contributed by atoms with Gasteiger partial charge in [0.25, 0.3) is 5.56 Å². The molecule has 1 amide bonds. The van der Waals surface area contributed by atoms with Gasteiger partial charge in [0.05, 0.1) is 0 Å². The van der Waals surface area contributed by atoms with Crippen LogP contribution in [0.2, 0.25) is 0 Å². The van der Waals surface area contributed by atoms with Crippen molar-refractivity contribution in [2.24, 2.45) is 0 Å². The average Bonchev–Trinajstić information content (AvgIpc) is 3.29. The van der Waals surface area contributed by atoms with Crippen LogP contribution in [0.5, 0.6) is 0 Å². The van der Waals surface area contributed by atoms with E-state index >= 15 is 0 Å². The van der Waals surface area contributed by atoms with Gasteiger partial charge in [-0.15, -0.1) is 0 Å². The number of rotatable bonds is 6. The molecule has 4 heterocycles. The molecule has 2 aromatic rings. The minimum absolute atomic E-state index is 0.0557. The van der Waals surface area contributed by atoms with Crippen LogP contribution in [0.25, 0.3) is 11.1 Å². The summed E-state index contributed by atoms with van der Waals surface area (Å²) in [5.74, 6) is 0.0557. The molecule has 2 aliphatic heterocycles. The highest BCUT2D eigenvalue weighted by molar-refractivity contribution is 5.87. The van der Waals surface area contributed by atoms with Gasteiger partial charge in [0.2, 0.25) is 5.91 Å². The molecule has 4 rings (SSSR count). The van der Waals surface area contributed by atoms with Crippen LogP contribution in [0.4, 0.5) is 5.69 Å². The zero-order valence-electron chi connectivity index (χ0n) is 17.2. The zero-order chi connectivity index (χ0) is 20.8.